The lowest BCUT2D eigenvalue weighted by atomic mass is 9.91. The minimum absolute atomic E-state index is 0.00145. The number of phenols is 1. The summed E-state index contributed by atoms with van der Waals surface area (Å²) in [6, 6.07) is 18.4. The summed E-state index contributed by atoms with van der Waals surface area (Å²) in [5, 5.41) is 35.0. The molecule has 4 aromatic heterocycles. The quantitative estimate of drug-likeness (QED) is 0.0675. The van der Waals surface area contributed by atoms with Gasteiger partial charge in [-0.15, -0.1) is 11.3 Å². The van der Waals surface area contributed by atoms with Crippen LogP contribution in [-0.2, 0) is 16.0 Å². The minimum Gasteiger partial charge on any atom is -0.508 e. The van der Waals surface area contributed by atoms with E-state index in [-0.39, 0.29) is 72.4 Å². The fraction of sp³-hybridized carbons (Fsp3) is 0.508. The molecule has 12 rings (SSSR count). The highest BCUT2D eigenvalue weighted by molar-refractivity contribution is 7.13. The number of phenolic OH excluding ortho intramolecular Hbond substituents is 1. The molecule has 3 aromatic carbocycles. The van der Waals surface area contributed by atoms with Crippen molar-refractivity contribution in [1.82, 2.24) is 50.4 Å². The third kappa shape index (κ3) is 11.7. The van der Waals surface area contributed by atoms with Crippen molar-refractivity contribution in [3.05, 3.63) is 101 Å². The Bertz CT molecular complexity index is 3530. The van der Waals surface area contributed by atoms with E-state index in [9.17, 15) is 19.8 Å². The molecule has 4 unspecified atom stereocenters. The summed E-state index contributed by atoms with van der Waals surface area (Å²) in [4.78, 5) is 58.4. The number of carbonyl (C=O) groups is 2. The molecule has 2 bridgehead atoms. The van der Waals surface area contributed by atoms with Gasteiger partial charge in [-0.2, -0.15) is 9.97 Å². The Hall–Kier alpha value is -6.91. The highest BCUT2D eigenvalue weighted by atomic mass is 32.1. The zero-order chi connectivity index (χ0) is 58.6. The van der Waals surface area contributed by atoms with Crippen molar-refractivity contribution in [3.63, 3.8) is 0 Å². The van der Waals surface area contributed by atoms with E-state index in [2.05, 4.69) is 47.3 Å². The van der Waals surface area contributed by atoms with E-state index in [0.29, 0.717) is 119 Å². The lowest BCUT2D eigenvalue weighted by molar-refractivity contribution is -0.141. The number of rotatable bonds is 17. The number of likely N-dealkylation sites (tertiary alicyclic amines) is 2. The average molecular weight is 1170 g/mol. The molecule has 7 aromatic rings. The Morgan fingerprint density at radius 3 is 2.45 bits per heavy atom. The number of aromatic hydroxyl groups is 1. The average Bonchev–Trinajstić information content (AvgIpc) is 2.41. The summed E-state index contributed by atoms with van der Waals surface area (Å²) >= 11 is 1.58. The smallest absolute Gasteiger partial charge is 0.319 e. The number of benzene rings is 3. The van der Waals surface area contributed by atoms with Crippen LogP contribution in [0.3, 0.4) is 0 Å². The van der Waals surface area contributed by atoms with Gasteiger partial charge in [0, 0.05) is 108 Å². The fourth-order valence-corrected chi connectivity index (χ4v) is 14.4. The monoisotopic (exact) mass is 1170 g/mol. The first-order chi connectivity index (χ1) is 40.5. The highest BCUT2D eigenvalue weighted by Crippen LogP contribution is 2.40. The highest BCUT2D eigenvalue weighted by Gasteiger charge is 2.45. The standard InChI is InChI=1S/C63H76F2N12O6S/c1-7-40-9-8-10-43-25-46(78)26-48(54(40)43)56-55(64)57-49(29-66-56)59(76-31-44-15-16-45(32-76)69-44)71-62(70-57)82-24-23-73-19-17-63(65,18-20-73)34-75-22-21-74(30-37(75)4)52-28-51(83-72-52)53(36(2)3)61(81)77-33-47(79)27-50(77)60(80)68-38(5)41-11-13-42(14-12-41)58-39(6)67-35-84-58/h8-14,25-26,28-29,35-38,44-45,47,50,53,69,78-79H,7,15-24,27,30-34H2,1-6H3,(H,68,80)/t37-,38?,44?,45?,47-,50+,53?/m1/s1. The Balaban J connectivity index is 0.652. The lowest BCUT2D eigenvalue weighted by Crippen LogP contribution is -2.57. The van der Waals surface area contributed by atoms with E-state index in [0.717, 1.165) is 50.9 Å². The molecule has 2 amide bonds. The van der Waals surface area contributed by atoms with Crippen LogP contribution in [0.15, 0.2) is 76.9 Å². The summed E-state index contributed by atoms with van der Waals surface area (Å²) in [7, 11) is 0. The number of nitrogens with zero attached hydrogens (tertiary/aromatic N) is 10. The van der Waals surface area contributed by atoms with Gasteiger partial charge in [0.05, 0.1) is 33.6 Å². The van der Waals surface area contributed by atoms with Crippen LogP contribution >= 0.6 is 11.3 Å². The van der Waals surface area contributed by atoms with Crippen molar-refractivity contribution in [1.29, 1.82) is 0 Å². The second-order valence-electron chi connectivity index (χ2n) is 24.3. The number of hydrogen-bond donors (Lipinski definition) is 4. The van der Waals surface area contributed by atoms with Gasteiger partial charge in [0.2, 0.25) is 11.8 Å². The minimum atomic E-state index is -1.39. The van der Waals surface area contributed by atoms with Crippen molar-refractivity contribution in [2.24, 2.45) is 5.92 Å². The first kappa shape index (κ1) is 57.5. The van der Waals surface area contributed by atoms with Crippen LogP contribution in [0.25, 0.3) is 43.4 Å². The Labute approximate surface area is 492 Å². The number of amides is 2. The van der Waals surface area contributed by atoms with Crippen LogP contribution in [0.5, 0.6) is 11.8 Å². The van der Waals surface area contributed by atoms with E-state index < -0.39 is 29.5 Å². The van der Waals surface area contributed by atoms with E-state index in [1.54, 1.807) is 29.7 Å². The SMILES string of the molecule is CCc1cccc2cc(O)cc(-c3ncc4c(N5CC6CCC(C5)N6)nc(OCCN5CCC(F)(CN6CCN(c7cc(C(C(=O)N8C[C@H](O)C[C@H]8C(=O)NC(C)c8ccc(-c9scnc9C)cc8)C(C)C)on7)C[C@H]6C)CC5)nc4c3F)c12. The molecular formula is C63H76F2N12O6S. The number of anilines is 2. The largest absolute Gasteiger partial charge is 0.508 e. The third-order valence-electron chi connectivity index (χ3n) is 18.2. The number of hydrogen-bond acceptors (Lipinski definition) is 17. The fourth-order valence-electron chi connectivity index (χ4n) is 13.5. The van der Waals surface area contributed by atoms with Gasteiger partial charge in [-0.25, -0.2) is 13.8 Å². The number of ether oxygens (including phenoxy) is 1. The number of fused-ring (bicyclic) bond motifs is 4. The Morgan fingerprint density at radius 2 is 1.74 bits per heavy atom. The number of carbonyl (C=O) groups excluding carboxylic acids is 2. The van der Waals surface area contributed by atoms with E-state index in [1.165, 1.54) is 4.90 Å². The number of β-amino-alcohol motifs (C(OH)–C–C–N with tert-alkyl or cyclic N) is 1. The van der Waals surface area contributed by atoms with Crippen LogP contribution in [0.4, 0.5) is 20.4 Å². The number of piperazine rings is 2. The number of aromatic nitrogens is 5. The number of aliphatic hydroxyl groups is 1. The summed E-state index contributed by atoms with van der Waals surface area (Å²) in [6.45, 7) is 17.3. The molecule has 5 aliphatic rings. The van der Waals surface area contributed by atoms with Crippen LogP contribution in [-0.4, -0.2) is 170 Å². The number of halogens is 2. The third-order valence-corrected chi connectivity index (χ3v) is 19.2. The van der Waals surface area contributed by atoms with Gasteiger partial charge >= 0.3 is 6.01 Å². The molecule has 0 spiro atoms. The van der Waals surface area contributed by atoms with Gasteiger partial charge in [0.1, 0.15) is 47.0 Å². The summed E-state index contributed by atoms with van der Waals surface area (Å²) < 4.78 is 46.3. The Kier molecular flexibility index (Phi) is 16.3. The van der Waals surface area contributed by atoms with Gasteiger partial charge < -0.3 is 44.8 Å². The van der Waals surface area contributed by atoms with Crippen LogP contribution in [0.1, 0.15) is 101 Å². The topological polar surface area (TPSA) is 202 Å². The molecule has 0 aliphatic carbocycles. The van der Waals surface area contributed by atoms with Crippen molar-refractivity contribution in [2.75, 3.05) is 81.9 Å². The molecule has 5 aliphatic heterocycles. The maximum Gasteiger partial charge on any atom is 0.319 e. The molecular weight excluding hydrogens is 1090 g/mol. The molecule has 5 saturated heterocycles. The molecule has 7 atom stereocenters. The van der Waals surface area contributed by atoms with Crippen molar-refractivity contribution in [3.8, 4) is 33.5 Å². The van der Waals surface area contributed by atoms with Gasteiger partial charge in [0.25, 0.3) is 0 Å². The Morgan fingerprint density at radius 1 is 0.964 bits per heavy atom. The first-order valence-electron chi connectivity index (χ1n) is 29.9. The van der Waals surface area contributed by atoms with Crippen LogP contribution in [0.2, 0.25) is 0 Å². The molecule has 0 saturated carbocycles. The van der Waals surface area contributed by atoms with Crippen LogP contribution in [0, 0.1) is 18.7 Å². The van der Waals surface area contributed by atoms with E-state index in [4.69, 9.17) is 24.2 Å². The molecule has 0 radical (unpaired) electrons. The van der Waals surface area contributed by atoms with Crippen molar-refractivity contribution >= 4 is 56.5 Å². The number of alkyl halides is 1. The van der Waals surface area contributed by atoms with E-state index in [1.807, 2.05) is 88.7 Å². The number of piperidine rings is 1. The molecule has 84 heavy (non-hydrogen) atoms. The number of pyridine rings is 1. The lowest BCUT2D eigenvalue weighted by Gasteiger charge is -2.44. The maximum atomic E-state index is 17.2. The van der Waals surface area contributed by atoms with Gasteiger partial charge in [-0.3, -0.25) is 24.4 Å². The molecule has 444 valence electrons. The van der Waals surface area contributed by atoms with E-state index >= 15 is 8.78 Å². The van der Waals surface area contributed by atoms with Gasteiger partial charge in [-0.1, -0.05) is 68.4 Å². The normalized spacial score (nSPS) is 22.8. The van der Waals surface area contributed by atoms with Crippen molar-refractivity contribution in [2.45, 2.75) is 128 Å². The van der Waals surface area contributed by atoms with Crippen LogP contribution < -0.4 is 25.2 Å². The molecule has 9 heterocycles. The second-order valence-corrected chi connectivity index (χ2v) is 25.2. The summed E-state index contributed by atoms with van der Waals surface area (Å²) in [5.74, 6) is -0.577. The first-order valence-corrected chi connectivity index (χ1v) is 30.8. The number of nitrogens with one attached hydrogen (secondary N) is 2. The predicted octanol–water partition coefficient (Wildman–Crippen LogP) is 8.59. The summed E-state index contributed by atoms with van der Waals surface area (Å²) in [5.41, 5.74) is 5.10. The molecule has 5 fully saturated rings. The molecule has 4 N–H and O–H groups in total. The second kappa shape index (κ2) is 23.9. The zero-order valence-electron chi connectivity index (χ0n) is 48.7. The molecule has 21 heteroatoms. The number of aliphatic hydroxyl groups excluding tert-OH is 1. The maximum absolute atomic E-state index is 17.2. The zero-order valence-corrected chi connectivity index (χ0v) is 49.5. The number of thiazole rings is 1. The summed E-state index contributed by atoms with van der Waals surface area (Å²) in [6.07, 6.45) is 4.49. The van der Waals surface area contributed by atoms with Gasteiger partial charge in [-0.05, 0) is 98.4 Å². The number of aryl methyl sites for hydroxylation is 2. The molecule has 18 nitrogen and oxygen atoms in total. The van der Waals surface area contributed by atoms with Crippen molar-refractivity contribution < 1.29 is 37.8 Å². The van der Waals surface area contributed by atoms with Gasteiger partial charge in [0.15, 0.2) is 17.4 Å². The predicted molar refractivity (Wildman–Crippen MR) is 321 cm³/mol.